The number of nitrogens with zero attached hydrogens (tertiary/aromatic N) is 3. The van der Waals surface area contributed by atoms with Crippen molar-refractivity contribution in [2.24, 2.45) is 5.92 Å². The van der Waals surface area contributed by atoms with Crippen molar-refractivity contribution in [2.75, 3.05) is 20.7 Å². The number of nitrogens with one attached hydrogen (secondary N) is 1. The summed E-state index contributed by atoms with van der Waals surface area (Å²) in [4.78, 5) is 45.5. The lowest BCUT2D eigenvalue weighted by Crippen LogP contribution is -2.37. The molecule has 8 nitrogen and oxygen atoms in total. The SMILES string of the molecule is COc1ccccc1Cn1cc(C(=O)NCCC(C)C)c(=O)c(C(=O)N(C)[C@H](C)c2nccs2)c1. The summed E-state index contributed by atoms with van der Waals surface area (Å²) in [6, 6.07) is 7.17. The molecule has 0 aliphatic heterocycles. The summed E-state index contributed by atoms with van der Waals surface area (Å²) in [6.45, 7) is 6.74. The summed E-state index contributed by atoms with van der Waals surface area (Å²) >= 11 is 1.44. The summed E-state index contributed by atoms with van der Waals surface area (Å²) in [6.07, 6.45) is 5.47. The van der Waals surface area contributed by atoms with E-state index >= 15 is 0 Å². The Hall–Kier alpha value is -3.46. The van der Waals surface area contributed by atoms with Crippen LogP contribution < -0.4 is 15.5 Å². The van der Waals surface area contributed by atoms with Crippen LogP contribution in [0.25, 0.3) is 0 Å². The zero-order valence-corrected chi connectivity index (χ0v) is 21.6. The van der Waals surface area contributed by atoms with E-state index in [1.807, 2.05) is 36.6 Å². The first-order valence-electron chi connectivity index (χ1n) is 11.5. The fourth-order valence-corrected chi connectivity index (χ4v) is 4.35. The first-order valence-corrected chi connectivity index (χ1v) is 12.4. The first kappa shape index (κ1) is 26.2. The normalized spacial score (nSPS) is 11.8. The maximum atomic E-state index is 13.4. The Bertz CT molecular complexity index is 1220. The van der Waals surface area contributed by atoms with Crippen LogP contribution in [0.3, 0.4) is 0 Å². The van der Waals surface area contributed by atoms with Gasteiger partial charge in [0.15, 0.2) is 0 Å². The van der Waals surface area contributed by atoms with Gasteiger partial charge in [-0.1, -0.05) is 32.0 Å². The molecule has 35 heavy (non-hydrogen) atoms. The molecule has 1 atom stereocenters. The number of amides is 2. The molecule has 0 radical (unpaired) electrons. The highest BCUT2D eigenvalue weighted by Crippen LogP contribution is 2.23. The van der Waals surface area contributed by atoms with Gasteiger partial charge >= 0.3 is 0 Å². The van der Waals surface area contributed by atoms with E-state index in [1.165, 1.54) is 28.6 Å². The van der Waals surface area contributed by atoms with E-state index in [9.17, 15) is 14.4 Å². The average molecular weight is 497 g/mol. The van der Waals surface area contributed by atoms with Crippen molar-refractivity contribution in [3.05, 3.63) is 80.2 Å². The van der Waals surface area contributed by atoms with Crippen LogP contribution >= 0.6 is 11.3 Å². The Morgan fingerprint density at radius 3 is 2.54 bits per heavy atom. The standard InChI is InChI=1S/C26H32N4O4S/c1-17(2)10-11-27-24(32)20-15-30(14-19-8-6-7-9-22(19)34-5)16-21(23(20)31)26(33)29(4)18(3)25-28-12-13-35-25/h6-9,12-13,15-18H,10-11,14H2,1-5H3,(H,27,32)/t18-/m1/s1. The largest absolute Gasteiger partial charge is 0.496 e. The van der Waals surface area contributed by atoms with Gasteiger partial charge in [0, 0.05) is 43.1 Å². The third kappa shape index (κ3) is 6.36. The Morgan fingerprint density at radius 1 is 1.17 bits per heavy atom. The number of methoxy groups -OCH3 is 1. The molecular weight excluding hydrogens is 464 g/mol. The molecule has 0 saturated heterocycles. The minimum Gasteiger partial charge on any atom is -0.496 e. The van der Waals surface area contributed by atoms with Gasteiger partial charge in [-0.25, -0.2) is 4.98 Å². The zero-order chi connectivity index (χ0) is 25.5. The molecule has 1 N–H and O–H groups in total. The maximum Gasteiger partial charge on any atom is 0.259 e. The Kier molecular flexibility index (Phi) is 8.81. The second-order valence-electron chi connectivity index (χ2n) is 8.80. The van der Waals surface area contributed by atoms with Gasteiger partial charge in [0.25, 0.3) is 11.8 Å². The van der Waals surface area contributed by atoms with Crippen LogP contribution in [0.5, 0.6) is 5.75 Å². The average Bonchev–Trinajstić information content (AvgIpc) is 3.38. The van der Waals surface area contributed by atoms with Gasteiger partial charge < -0.3 is 19.5 Å². The number of aromatic nitrogens is 2. The van der Waals surface area contributed by atoms with E-state index in [0.717, 1.165) is 17.0 Å². The molecular formula is C26H32N4O4S. The summed E-state index contributed by atoms with van der Waals surface area (Å²) in [5.74, 6) is 0.126. The molecule has 1 aromatic carbocycles. The monoisotopic (exact) mass is 496 g/mol. The van der Waals surface area contributed by atoms with Crippen LogP contribution in [0.1, 0.15) is 64.5 Å². The lowest BCUT2D eigenvalue weighted by atomic mass is 10.1. The van der Waals surface area contributed by atoms with Gasteiger partial charge in [-0.05, 0) is 25.3 Å². The quantitative estimate of drug-likeness (QED) is 0.458. The molecule has 2 aromatic heterocycles. The third-order valence-corrected chi connectivity index (χ3v) is 6.76. The smallest absolute Gasteiger partial charge is 0.259 e. The van der Waals surface area contributed by atoms with Crippen LogP contribution in [0.2, 0.25) is 0 Å². The third-order valence-electron chi connectivity index (χ3n) is 5.82. The van der Waals surface area contributed by atoms with Gasteiger partial charge in [-0.3, -0.25) is 14.4 Å². The van der Waals surface area contributed by atoms with Crippen molar-refractivity contribution < 1.29 is 14.3 Å². The second kappa shape index (κ2) is 11.8. The second-order valence-corrected chi connectivity index (χ2v) is 9.73. The van der Waals surface area contributed by atoms with E-state index in [4.69, 9.17) is 4.74 Å². The van der Waals surface area contributed by atoms with Gasteiger partial charge in [-0.15, -0.1) is 11.3 Å². The molecule has 2 amide bonds. The van der Waals surface area contributed by atoms with Crippen LogP contribution in [0, 0.1) is 5.92 Å². The topological polar surface area (TPSA) is 93.5 Å². The van der Waals surface area contributed by atoms with Crippen molar-refractivity contribution in [1.29, 1.82) is 0 Å². The molecule has 186 valence electrons. The minimum atomic E-state index is -0.591. The van der Waals surface area contributed by atoms with Crippen LogP contribution in [0.15, 0.2) is 53.0 Å². The molecule has 0 aliphatic carbocycles. The maximum absolute atomic E-state index is 13.4. The molecule has 2 heterocycles. The molecule has 3 aromatic rings. The summed E-state index contributed by atoms with van der Waals surface area (Å²) < 4.78 is 7.13. The number of carbonyl (C=O) groups excluding carboxylic acids is 2. The van der Waals surface area contributed by atoms with E-state index in [2.05, 4.69) is 24.1 Å². The van der Waals surface area contributed by atoms with Crippen LogP contribution in [0.4, 0.5) is 0 Å². The summed E-state index contributed by atoms with van der Waals surface area (Å²) in [7, 11) is 3.22. The molecule has 9 heteroatoms. The van der Waals surface area contributed by atoms with Gasteiger partial charge in [0.1, 0.15) is 21.9 Å². The predicted molar refractivity (Wildman–Crippen MR) is 137 cm³/mol. The molecule has 3 rings (SSSR count). The van der Waals surface area contributed by atoms with Crippen molar-refractivity contribution in [3.63, 3.8) is 0 Å². The number of para-hydroxylation sites is 1. The molecule has 0 spiro atoms. The van der Waals surface area contributed by atoms with Crippen molar-refractivity contribution >= 4 is 23.2 Å². The van der Waals surface area contributed by atoms with E-state index < -0.39 is 17.2 Å². The Labute approximate surface area is 209 Å². The molecule has 0 bridgehead atoms. The highest BCUT2D eigenvalue weighted by Gasteiger charge is 2.26. The highest BCUT2D eigenvalue weighted by atomic mass is 32.1. The lowest BCUT2D eigenvalue weighted by Gasteiger charge is -2.24. The number of carbonyl (C=O) groups is 2. The fraction of sp³-hybridized carbons (Fsp3) is 0.385. The first-order chi connectivity index (χ1) is 16.7. The minimum absolute atomic E-state index is 0.0650. The van der Waals surface area contributed by atoms with Crippen molar-refractivity contribution in [1.82, 2.24) is 19.8 Å². The molecule has 0 fully saturated rings. The molecule has 0 aliphatic rings. The number of pyridine rings is 1. The van der Waals surface area contributed by atoms with E-state index in [1.54, 1.807) is 24.9 Å². The number of rotatable bonds is 10. The molecule has 0 unspecified atom stereocenters. The Morgan fingerprint density at radius 2 is 1.89 bits per heavy atom. The number of benzene rings is 1. The number of hydrogen-bond donors (Lipinski definition) is 1. The van der Waals surface area contributed by atoms with E-state index in [-0.39, 0.29) is 17.2 Å². The highest BCUT2D eigenvalue weighted by molar-refractivity contribution is 7.09. The van der Waals surface area contributed by atoms with Gasteiger partial charge in [0.2, 0.25) is 5.43 Å². The van der Waals surface area contributed by atoms with Gasteiger partial charge in [-0.2, -0.15) is 0 Å². The lowest BCUT2D eigenvalue weighted by molar-refractivity contribution is 0.0740. The predicted octanol–water partition coefficient (Wildman–Crippen LogP) is 3.97. The summed E-state index contributed by atoms with van der Waals surface area (Å²) in [5, 5.41) is 5.42. The van der Waals surface area contributed by atoms with Crippen LogP contribution in [-0.2, 0) is 6.54 Å². The Balaban J connectivity index is 2.00. The van der Waals surface area contributed by atoms with Crippen LogP contribution in [-0.4, -0.2) is 47.0 Å². The zero-order valence-electron chi connectivity index (χ0n) is 20.8. The number of hydrogen-bond acceptors (Lipinski definition) is 6. The fourth-order valence-electron chi connectivity index (χ4n) is 3.61. The summed E-state index contributed by atoms with van der Waals surface area (Å²) in [5.41, 5.74) is 0.131. The number of ether oxygens (including phenoxy) is 1. The van der Waals surface area contributed by atoms with Gasteiger partial charge in [0.05, 0.1) is 19.7 Å². The van der Waals surface area contributed by atoms with Crippen molar-refractivity contribution in [3.8, 4) is 5.75 Å². The van der Waals surface area contributed by atoms with Crippen molar-refractivity contribution in [2.45, 2.75) is 39.8 Å². The van der Waals surface area contributed by atoms with E-state index in [0.29, 0.717) is 24.8 Å². The molecule has 0 saturated carbocycles. The number of thiazole rings is 1.